The standard InChI is InChI=1S/C14H22N2O3/c1-2-15-7-9-16(10-8-15)11-13-4-3-12(19-13)5-6-14(17)18/h3-4H,2,5-11H2,1H3,(H,17,18). The highest BCUT2D eigenvalue weighted by Crippen LogP contribution is 2.13. The van der Waals surface area contributed by atoms with Gasteiger partial charge in [-0.2, -0.15) is 0 Å². The van der Waals surface area contributed by atoms with Crippen molar-refractivity contribution in [2.24, 2.45) is 0 Å². The number of aryl methyl sites for hydroxylation is 1. The summed E-state index contributed by atoms with van der Waals surface area (Å²) in [5.41, 5.74) is 0. The molecule has 0 unspecified atom stereocenters. The van der Waals surface area contributed by atoms with Crippen LogP contribution in [-0.4, -0.2) is 53.6 Å². The summed E-state index contributed by atoms with van der Waals surface area (Å²) in [6.45, 7) is 8.50. The average Bonchev–Trinajstić information content (AvgIpc) is 2.85. The maximum absolute atomic E-state index is 10.5. The van der Waals surface area contributed by atoms with Gasteiger partial charge in [-0.15, -0.1) is 0 Å². The summed E-state index contributed by atoms with van der Waals surface area (Å²) in [7, 11) is 0. The Kier molecular flexibility index (Phi) is 4.99. The Bertz CT molecular complexity index is 409. The zero-order valence-electron chi connectivity index (χ0n) is 11.5. The lowest BCUT2D eigenvalue weighted by Gasteiger charge is -2.33. The fraction of sp³-hybridized carbons (Fsp3) is 0.643. The predicted molar refractivity (Wildman–Crippen MR) is 72.1 cm³/mol. The first-order valence-electron chi connectivity index (χ1n) is 6.91. The van der Waals surface area contributed by atoms with E-state index in [4.69, 9.17) is 9.52 Å². The molecule has 0 aromatic carbocycles. The molecule has 19 heavy (non-hydrogen) atoms. The third-order valence-electron chi connectivity index (χ3n) is 3.59. The van der Waals surface area contributed by atoms with Crippen LogP contribution in [-0.2, 0) is 17.8 Å². The molecule has 0 bridgehead atoms. The zero-order valence-corrected chi connectivity index (χ0v) is 11.5. The van der Waals surface area contributed by atoms with Gasteiger partial charge in [0.25, 0.3) is 0 Å². The Hall–Kier alpha value is -1.33. The predicted octanol–water partition coefficient (Wildman–Crippen LogP) is 1.43. The molecule has 5 nitrogen and oxygen atoms in total. The Balaban J connectivity index is 1.78. The molecule has 0 radical (unpaired) electrons. The second-order valence-electron chi connectivity index (χ2n) is 4.97. The van der Waals surface area contributed by atoms with Crippen molar-refractivity contribution in [2.45, 2.75) is 26.3 Å². The van der Waals surface area contributed by atoms with Gasteiger partial charge >= 0.3 is 5.97 Å². The molecule has 0 aliphatic carbocycles. The lowest BCUT2D eigenvalue weighted by molar-refractivity contribution is -0.137. The molecule has 5 heteroatoms. The molecule has 1 saturated heterocycles. The van der Waals surface area contributed by atoms with E-state index >= 15 is 0 Å². The molecule has 0 saturated carbocycles. The van der Waals surface area contributed by atoms with E-state index in [1.165, 1.54) is 0 Å². The van der Waals surface area contributed by atoms with Crippen molar-refractivity contribution in [3.05, 3.63) is 23.7 Å². The number of hydrogen-bond donors (Lipinski definition) is 1. The molecule has 1 fully saturated rings. The van der Waals surface area contributed by atoms with Crippen molar-refractivity contribution in [3.8, 4) is 0 Å². The van der Waals surface area contributed by atoms with Crippen molar-refractivity contribution in [1.82, 2.24) is 9.80 Å². The summed E-state index contributed by atoms with van der Waals surface area (Å²) in [4.78, 5) is 15.3. The molecule has 0 amide bonds. The van der Waals surface area contributed by atoms with Gasteiger partial charge in [-0.25, -0.2) is 0 Å². The van der Waals surface area contributed by atoms with Gasteiger partial charge in [-0.3, -0.25) is 9.69 Å². The molecule has 2 heterocycles. The van der Waals surface area contributed by atoms with E-state index in [9.17, 15) is 4.79 Å². The molecule has 0 spiro atoms. The van der Waals surface area contributed by atoms with Crippen LogP contribution < -0.4 is 0 Å². The van der Waals surface area contributed by atoms with Crippen LogP contribution in [0.5, 0.6) is 0 Å². The maximum atomic E-state index is 10.5. The number of furan rings is 1. The molecular formula is C14H22N2O3. The van der Waals surface area contributed by atoms with E-state index in [1.807, 2.05) is 12.1 Å². The number of likely N-dealkylation sites (N-methyl/N-ethyl adjacent to an activating group) is 1. The first-order chi connectivity index (χ1) is 9.17. The van der Waals surface area contributed by atoms with Crippen molar-refractivity contribution in [3.63, 3.8) is 0 Å². The van der Waals surface area contributed by atoms with Crippen LogP contribution in [0.4, 0.5) is 0 Å². The minimum Gasteiger partial charge on any atom is -0.481 e. The Morgan fingerprint density at radius 3 is 2.47 bits per heavy atom. The van der Waals surface area contributed by atoms with E-state index < -0.39 is 5.97 Å². The fourth-order valence-electron chi connectivity index (χ4n) is 2.36. The molecule has 1 aliphatic heterocycles. The van der Waals surface area contributed by atoms with Crippen LogP contribution in [0.3, 0.4) is 0 Å². The lowest BCUT2D eigenvalue weighted by atomic mass is 10.2. The fourth-order valence-corrected chi connectivity index (χ4v) is 2.36. The number of nitrogens with zero attached hydrogens (tertiary/aromatic N) is 2. The van der Waals surface area contributed by atoms with E-state index in [1.54, 1.807) is 0 Å². The minimum atomic E-state index is -0.784. The Morgan fingerprint density at radius 1 is 1.21 bits per heavy atom. The van der Waals surface area contributed by atoms with Crippen LogP contribution in [0.1, 0.15) is 24.9 Å². The quantitative estimate of drug-likeness (QED) is 0.844. The van der Waals surface area contributed by atoms with Crippen LogP contribution in [0.2, 0.25) is 0 Å². The molecule has 2 rings (SSSR count). The smallest absolute Gasteiger partial charge is 0.303 e. The first-order valence-corrected chi connectivity index (χ1v) is 6.91. The molecule has 1 N–H and O–H groups in total. The topological polar surface area (TPSA) is 56.9 Å². The summed E-state index contributed by atoms with van der Waals surface area (Å²) >= 11 is 0. The van der Waals surface area contributed by atoms with Crippen LogP contribution in [0.25, 0.3) is 0 Å². The van der Waals surface area contributed by atoms with Gasteiger partial charge in [-0.05, 0) is 18.7 Å². The van der Waals surface area contributed by atoms with Gasteiger partial charge in [0.05, 0.1) is 13.0 Å². The second-order valence-corrected chi connectivity index (χ2v) is 4.97. The van der Waals surface area contributed by atoms with Crippen LogP contribution >= 0.6 is 0 Å². The van der Waals surface area contributed by atoms with E-state index in [0.29, 0.717) is 6.42 Å². The number of rotatable bonds is 6. The second kappa shape index (κ2) is 6.73. The molecule has 0 atom stereocenters. The summed E-state index contributed by atoms with van der Waals surface area (Å²) < 4.78 is 5.67. The van der Waals surface area contributed by atoms with Gasteiger partial charge in [0, 0.05) is 32.6 Å². The molecule has 1 aliphatic rings. The highest BCUT2D eigenvalue weighted by atomic mass is 16.4. The molecule has 106 valence electrons. The van der Waals surface area contributed by atoms with Crippen molar-refractivity contribution >= 4 is 5.97 Å². The number of carboxylic acid groups (broad SMARTS) is 1. The normalized spacial score (nSPS) is 17.7. The third-order valence-corrected chi connectivity index (χ3v) is 3.59. The highest BCUT2D eigenvalue weighted by molar-refractivity contribution is 5.66. The van der Waals surface area contributed by atoms with Gasteiger partial charge < -0.3 is 14.4 Å². The highest BCUT2D eigenvalue weighted by Gasteiger charge is 2.16. The number of carbonyl (C=O) groups is 1. The van der Waals surface area contributed by atoms with Crippen molar-refractivity contribution in [1.29, 1.82) is 0 Å². The number of piperazine rings is 1. The Labute approximate surface area is 113 Å². The van der Waals surface area contributed by atoms with Crippen LogP contribution in [0.15, 0.2) is 16.5 Å². The maximum Gasteiger partial charge on any atom is 0.303 e. The molecule has 1 aromatic rings. The van der Waals surface area contributed by atoms with Gasteiger partial charge in [0.15, 0.2) is 0 Å². The summed E-state index contributed by atoms with van der Waals surface area (Å²) in [6.07, 6.45) is 0.598. The molecule has 1 aromatic heterocycles. The zero-order chi connectivity index (χ0) is 13.7. The monoisotopic (exact) mass is 266 g/mol. The van der Waals surface area contributed by atoms with Gasteiger partial charge in [0.2, 0.25) is 0 Å². The minimum absolute atomic E-state index is 0.127. The van der Waals surface area contributed by atoms with E-state index in [2.05, 4.69) is 16.7 Å². The first kappa shape index (κ1) is 14.1. The SMILES string of the molecule is CCN1CCN(Cc2ccc(CCC(=O)O)o2)CC1. The summed E-state index contributed by atoms with van der Waals surface area (Å²) in [5.74, 6) is 0.920. The van der Waals surface area contributed by atoms with Crippen molar-refractivity contribution in [2.75, 3.05) is 32.7 Å². The average molecular weight is 266 g/mol. The van der Waals surface area contributed by atoms with Gasteiger partial charge in [0.1, 0.15) is 11.5 Å². The Morgan fingerprint density at radius 2 is 1.84 bits per heavy atom. The molecular weight excluding hydrogens is 244 g/mol. The summed E-state index contributed by atoms with van der Waals surface area (Å²) in [6, 6.07) is 3.85. The summed E-state index contributed by atoms with van der Waals surface area (Å²) in [5, 5.41) is 8.64. The van der Waals surface area contributed by atoms with E-state index in [0.717, 1.165) is 50.8 Å². The van der Waals surface area contributed by atoms with Crippen LogP contribution in [0, 0.1) is 0 Å². The number of hydrogen-bond acceptors (Lipinski definition) is 4. The number of carboxylic acids is 1. The third kappa shape index (κ3) is 4.36. The lowest BCUT2D eigenvalue weighted by Crippen LogP contribution is -2.45. The van der Waals surface area contributed by atoms with Crippen molar-refractivity contribution < 1.29 is 14.3 Å². The van der Waals surface area contributed by atoms with E-state index in [-0.39, 0.29) is 6.42 Å². The van der Waals surface area contributed by atoms with Gasteiger partial charge in [-0.1, -0.05) is 6.92 Å². The number of aliphatic carboxylic acids is 1. The largest absolute Gasteiger partial charge is 0.481 e.